The zero-order valence-electron chi connectivity index (χ0n) is 15.3. The molecule has 0 aromatic heterocycles. The average Bonchev–Trinajstić information content (AvgIpc) is 2.42. The Balaban J connectivity index is 2.18. The van der Waals surface area contributed by atoms with Crippen LogP contribution in [0.4, 0.5) is 4.79 Å². The third-order valence-electron chi connectivity index (χ3n) is 4.18. The monoisotopic (exact) mass is 341 g/mol. The molecule has 1 saturated carbocycles. The van der Waals surface area contributed by atoms with Crippen molar-refractivity contribution in [1.82, 2.24) is 4.90 Å². The van der Waals surface area contributed by atoms with Crippen molar-refractivity contribution >= 4 is 14.4 Å². The summed E-state index contributed by atoms with van der Waals surface area (Å²) in [6.45, 7) is 12.6. The minimum atomic E-state index is -1.68. The van der Waals surface area contributed by atoms with Gasteiger partial charge < -0.3 is 13.9 Å². The first kappa shape index (κ1) is 18.3. The highest BCUT2D eigenvalue weighted by atomic mass is 28.4. The summed E-state index contributed by atoms with van der Waals surface area (Å²) in [7, 11) is -1.68. The Morgan fingerprint density at radius 1 is 1.26 bits per heavy atom. The fourth-order valence-electron chi connectivity index (χ4n) is 3.04. The fraction of sp³-hybridized carbons (Fsp3) is 0.824. The Morgan fingerprint density at radius 2 is 1.87 bits per heavy atom. The second-order valence-electron chi connectivity index (χ2n) is 8.60. The molecule has 1 amide bonds. The minimum absolute atomic E-state index is 0.295. The van der Waals surface area contributed by atoms with E-state index < -0.39 is 13.9 Å². The Kier molecular flexibility index (Phi) is 5.16. The number of amides is 1. The molecule has 5 nitrogen and oxygen atoms in total. The van der Waals surface area contributed by atoms with E-state index in [1.54, 1.807) is 17.4 Å². The maximum atomic E-state index is 12.7. The quantitative estimate of drug-likeness (QED) is 0.566. The number of fused-ring (bicyclic) bond motifs is 3. The van der Waals surface area contributed by atoms with E-state index in [1.165, 1.54) is 0 Å². The summed E-state index contributed by atoms with van der Waals surface area (Å²) in [5.74, 6) is 0. The smallest absolute Gasteiger partial charge is 0.415 e. The van der Waals surface area contributed by atoms with E-state index in [4.69, 9.17) is 13.9 Å². The lowest BCUT2D eigenvalue weighted by Gasteiger charge is -2.50. The van der Waals surface area contributed by atoms with Crippen LogP contribution in [0.5, 0.6) is 0 Å². The number of hydrogen-bond acceptors (Lipinski definition) is 4. The maximum absolute atomic E-state index is 12.7. The predicted octanol–water partition coefficient (Wildman–Crippen LogP) is 4.26. The lowest BCUT2D eigenvalue weighted by Crippen LogP contribution is -2.59. The van der Waals surface area contributed by atoms with E-state index in [2.05, 4.69) is 19.6 Å². The molecular weight excluding hydrogens is 310 g/mol. The minimum Gasteiger partial charge on any atom is -0.548 e. The maximum Gasteiger partial charge on any atom is 0.415 e. The van der Waals surface area contributed by atoms with E-state index in [9.17, 15) is 4.79 Å². The normalized spacial score (nSPS) is 28.0. The summed E-state index contributed by atoms with van der Waals surface area (Å²) in [4.78, 5) is 14.5. The first-order valence-corrected chi connectivity index (χ1v) is 11.9. The average molecular weight is 342 g/mol. The highest BCUT2D eigenvalue weighted by molar-refractivity contribution is 6.69. The van der Waals surface area contributed by atoms with E-state index in [0.717, 1.165) is 25.7 Å². The predicted molar refractivity (Wildman–Crippen MR) is 92.6 cm³/mol. The SMILES string of the molecule is CC(C)(C)OC(=O)N(C=CO[Si](C)(C)C)C12CCC(CC1)OC2. The van der Waals surface area contributed by atoms with Crippen LogP contribution < -0.4 is 0 Å². The van der Waals surface area contributed by atoms with Crippen molar-refractivity contribution in [2.75, 3.05) is 6.61 Å². The van der Waals surface area contributed by atoms with Crippen LogP contribution in [0, 0.1) is 0 Å². The zero-order valence-corrected chi connectivity index (χ0v) is 16.3. The number of rotatable bonds is 4. The van der Waals surface area contributed by atoms with Gasteiger partial charge in [0.25, 0.3) is 0 Å². The van der Waals surface area contributed by atoms with Crippen molar-refractivity contribution in [2.24, 2.45) is 0 Å². The topological polar surface area (TPSA) is 48.0 Å². The number of nitrogens with zero attached hydrogens (tertiary/aromatic N) is 1. The lowest BCUT2D eigenvalue weighted by atomic mass is 9.77. The molecule has 2 heterocycles. The molecule has 0 spiro atoms. The Labute approximate surface area is 141 Å². The van der Waals surface area contributed by atoms with Gasteiger partial charge in [0.1, 0.15) is 5.60 Å². The third kappa shape index (κ3) is 4.98. The van der Waals surface area contributed by atoms with Gasteiger partial charge in [0.05, 0.1) is 24.5 Å². The molecule has 0 aromatic carbocycles. The fourth-order valence-corrected chi connectivity index (χ4v) is 3.51. The van der Waals surface area contributed by atoms with Crippen LogP contribution in [0.2, 0.25) is 19.6 Å². The molecule has 1 aliphatic carbocycles. The van der Waals surface area contributed by atoms with Crippen molar-refractivity contribution in [3.63, 3.8) is 0 Å². The summed E-state index contributed by atoms with van der Waals surface area (Å²) >= 11 is 0. The molecule has 0 unspecified atom stereocenters. The highest BCUT2D eigenvalue weighted by Crippen LogP contribution is 2.41. The van der Waals surface area contributed by atoms with Gasteiger partial charge in [-0.3, -0.25) is 4.90 Å². The summed E-state index contributed by atoms with van der Waals surface area (Å²) < 4.78 is 17.3. The Morgan fingerprint density at radius 3 is 2.30 bits per heavy atom. The number of carbonyl (C=O) groups is 1. The van der Waals surface area contributed by atoms with Gasteiger partial charge in [-0.05, 0) is 66.1 Å². The number of hydrogen-bond donors (Lipinski definition) is 0. The van der Waals surface area contributed by atoms with Gasteiger partial charge in [-0.2, -0.15) is 0 Å². The van der Waals surface area contributed by atoms with Gasteiger partial charge in [0, 0.05) is 6.20 Å². The van der Waals surface area contributed by atoms with Crippen LogP contribution in [0.1, 0.15) is 46.5 Å². The van der Waals surface area contributed by atoms with Gasteiger partial charge in [0.15, 0.2) is 0 Å². The van der Waals surface area contributed by atoms with Crippen molar-refractivity contribution in [2.45, 2.75) is 83.3 Å². The van der Waals surface area contributed by atoms with Crippen LogP contribution >= 0.6 is 0 Å². The van der Waals surface area contributed by atoms with Gasteiger partial charge in [-0.15, -0.1) is 0 Å². The Bertz CT molecular complexity index is 442. The third-order valence-corrected chi connectivity index (χ3v) is 5.03. The molecule has 6 heteroatoms. The molecule has 23 heavy (non-hydrogen) atoms. The van der Waals surface area contributed by atoms with Crippen molar-refractivity contribution in [1.29, 1.82) is 0 Å². The van der Waals surface area contributed by atoms with Crippen LogP contribution in [0.15, 0.2) is 12.5 Å². The lowest BCUT2D eigenvalue weighted by molar-refractivity contribution is -0.121. The van der Waals surface area contributed by atoms with Crippen molar-refractivity contribution < 1.29 is 18.7 Å². The number of ether oxygens (including phenoxy) is 2. The van der Waals surface area contributed by atoms with Crippen LogP contribution in [0.3, 0.4) is 0 Å². The van der Waals surface area contributed by atoms with Crippen molar-refractivity contribution in [3.8, 4) is 0 Å². The molecule has 0 N–H and O–H groups in total. The van der Waals surface area contributed by atoms with Gasteiger partial charge in [-0.1, -0.05) is 0 Å². The van der Waals surface area contributed by atoms with E-state index in [0.29, 0.717) is 12.7 Å². The van der Waals surface area contributed by atoms with Crippen molar-refractivity contribution in [3.05, 3.63) is 12.5 Å². The Hall–Kier alpha value is -1.01. The second kappa shape index (κ2) is 6.47. The molecule has 2 saturated heterocycles. The standard InChI is InChI=1S/C17H31NO4Si/c1-16(2,3)22-15(19)18(11-12-21-23(4,5)6)17-9-7-14(8-10-17)20-13-17/h11-12,14H,7-10,13H2,1-6H3. The molecule has 2 aliphatic heterocycles. The van der Waals surface area contributed by atoms with Gasteiger partial charge >= 0.3 is 6.09 Å². The molecule has 0 radical (unpaired) electrons. The highest BCUT2D eigenvalue weighted by Gasteiger charge is 2.48. The molecule has 2 bridgehead atoms. The first-order chi connectivity index (χ1) is 10.5. The summed E-state index contributed by atoms with van der Waals surface area (Å²) in [5, 5.41) is 0. The van der Waals surface area contributed by atoms with E-state index in [1.807, 2.05) is 20.8 Å². The summed E-state index contributed by atoms with van der Waals surface area (Å²) in [6, 6.07) is 0. The molecule has 3 aliphatic rings. The molecule has 3 rings (SSSR count). The number of carbonyl (C=O) groups excluding carboxylic acids is 1. The van der Waals surface area contributed by atoms with Gasteiger partial charge in [0.2, 0.25) is 8.32 Å². The molecular formula is C17H31NO4Si. The van der Waals surface area contributed by atoms with Gasteiger partial charge in [-0.25, -0.2) is 4.79 Å². The first-order valence-electron chi connectivity index (χ1n) is 8.49. The molecule has 3 fully saturated rings. The summed E-state index contributed by atoms with van der Waals surface area (Å²) in [6.07, 6.45) is 7.36. The molecule has 0 aromatic rings. The van der Waals surface area contributed by atoms with Crippen LogP contribution in [-0.2, 0) is 13.9 Å². The summed E-state index contributed by atoms with van der Waals surface area (Å²) in [5.41, 5.74) is -0.817. The molecule has 132 valence electrons. The van der Waals surface area contributed by atoms with E-state index >= 15 is 0 Å². The second-order valence-corrected chi connectivity index (χ2v) is 13.1. The van der Waals surface area contributed by atoms with Crippen LogP contribution in [0.25, 0.3) is 0 Å². The van der Waals surface area contributed by atoms with Crippen LogP contribution in [-0.4, -0.2) is 43.2 Å². The molecule has 0 atom stereocenters. The largest absolute Gasteiger partial charge is 0.548 e. The zero-order chi connectivity index (χ0) is 17.3. The van der Waals surface area contributed by atoms with E-state index in [-0.39, 0.29) is 11.6 Å².